The Bertz CT molecular complexity index is 627. The third-order valence-electron chi connectivity index (χ3n) is 2.21. The monoisotopic (exact) mass is 284 g/mol. The van der Waals surface area contributed by atoms with Crippen molar-refractivity contribution in [2.24, 2.45) is 0 Å². The molecule has 0 aliphatic carbocycles. The highest BCUT2D eigenvalue weighted by atomic mass is 19.4. The van der Waals surface area contributed by atoms with Crippen LogP contribution in [0.1, 0.15) is 16.1 Å². The largest absolute Gasteiger partial charge is 0.478 e. The van der Waals surface area contributed by atoms with Crippen molar-refractivity contribution in [1.82, 2.24) is 9.97 Å². The third-order valence-corrected chi connectivity index (χ3v) is 2.21. The first-order chi connectivity index (χ1) is 9.36. The molecule has 8 heteroatoms. The first-order valence-corrected chi connectivity index (χ1v) is 5.28. The molecule has 0 atom stereocenters. The fourth-order valence-electron chi connectivity index (χ4n) is 1.30. The van der Waals surface area contributed by atoms with Gasteiger partial charge in [-0.25, -0.2) is 14.8 Å². The first kappa shape index (κ1) is 13.8. The van der Waals surface area contributed by atoms with E-state index < -0.39 is 17.8 Å². The maximum absolute atomic E-state index is 12.4. The van der Waals surface area contributed by atoms with Gasteiger partial charge >= 0.3 is 12.1 Å². The second-order valence-corrected chi connectivity index (χ2v) is 3.65. The van der Waals surface area contributed by atoms with Gasteiger partial charge < -0.3 is 9.84 Å². The van der Waals surface area contributed by atoms with Crippen molar-refractivity contribution in [3.05, 3.63) is 47.8 Å². The predicted molar refractivity (Wildman–Crippen MR) is 60.5 cm³/mol. The molecule has 1 N–H and O–H groups in total. The van der Waals surface area contributed by atoms with Crippen LogP contribution >= 0.6 is 0 Å². The molecular formula is C12H7F3N2O3. The van der Waals surface area contributed by atoms with Crippen LogP contribution in [-0.4, -0.2) is 21.0 Å². The fourth-order valence-corrected chi connectivity index (χ4v) is 1.30. The number of halogens is 3. The highest BCUT2D eigenvalue weighted by Crippen LogP contribution is 2.29. The summed E-state index contributed by atoms with van der Waals surface area (Å²) in [6, 6.07) is 5.65. The normalized spacial score (nSPS) is 11.2. The SMILES string of the molecule is O=C(O)c1ccc(Oc2cccc(C(F)(F)F)n2)nc1. The Hall–Kier alpha value is -2.64. The fraction of sp³-hybridized carbons (Fsp3) is 0.0833. The van der Waals surface area contributed by atoms with Crippen molar-refractivity contribution in [2.75, 3.05) is 0 Å². The summed E-state index contributed by atoms with van der Waals surface area (Å²) in [4.78, 5) is 17.6. The van der Waals surface area contributed by atoms with Crippen LogP contribution in [0, 0.1) is 0 Å². The molecule has 2 aromatic rings. The highest BCUT2D eigenvalue weighted by molar-refractivity contribution is 5.87. The molecule has 0 unspecified atom stereocenters. The van der Waals surface area contributed by atoms with Crippen molar-refractivity contribution < 1.29 is 27.8 Å². The molecule has 2 heterocycles. The molecule has 0 fully saturated rings. The Balaban J connectivity index is 2.20. The number of hydrogen-bond acceptors (Lipinski definition) is 4. The van der Waals surface area contributed by atoms with Gasteiger partial charge in [0, 0.05) is 18.3 Å². The van der Waals surface area contributed by atoms with Gasteiger partial charge in [-0.1, -0.05) is 6.07 Å². The molecule has 0 saturated carbocycles. The van der Waals surface area contributed by atoms with Gasteiger partial charge in [-0.2, -0.15) is 13.2 Å². The Labute approximate surface area is 110 Å². The van der Waals surface area contributed by atoms with E-state index in [9.17, 15) is 18.0 Å². The summed E-state index contributed by atoms with van der Waals surface area (Å²) in [5, 5.41) is 8.67. The summed E-state index contributed by atoms with van der Waals surface area (Å²) < 4.78 is 42.4. The van der Waals surface area contributed by atoms with E-state index in [4.69, 9.17) is 9.84 Å². The van der Waals surface area contributed by atoms with Crippen LogP contribution in [0.3, 0.4) is 0 Å². The van der Waals surface area contributed by atoms with Crippen LogP contribution in [0.5, 0.6) is 11.8 Å². The zero-order chi connectivity index (χ0) is 14.8. The van der Waals surface area contributed by atoms with E-state index in [1.54, 1.807) is 0 Å². The smallest absolute Gasteiger partial charge is 0.433 e. The minimum Gasteiger partial charge on any atom is -0.478 e. The maximum Gasteiger partial charge on any atom is 0.433 e. The van der Waals surface area contributed by atoms with E-state index in [1.807, 2.05) is 0 Å². The van der Waals surface area contributed by atoms with Gasteiger partial charge in [-0.05, 0) is 12.1 Å². The molecule has 20 heavy (non-hydrogen) atoms. The molecule has 0 spiro atoms. The molecule has 2 rings (SSSR count). The lowest BCUT2D eigenvalue weighted by Crippen LogP contribution is -2.08. The number of pyridine rings is 2. The number of aromatic nitrogens is 2. The summed E-state index contributed by atoms with van der Waals surface area (Å²) in [7, 11) is 0. The van der Waals surface area contributed by atoms with Crippen molar-refractivity contribution in [3.8, 4) is 11.8 Å². The van der Waals surface area contributed by atoms with Gasteiger partial charge in [0.15, 0.2) is 0 Å². The Morgan fingerprint density at radius 2 is 1.90 bits per heavy atom. The molecule has 0 radical (unpaired) electrons. The Kier molecular flexibility index (Phi) is 3.55. The molecular weight excluding hydrogens is 277 g/mol. The molecule has 0 aromatic carbocycles. The molecule has 104 valence electrons. The van der Waals surface area contributed by atoms with Crippen LogP contribution in [0.25, 0.3) is 0 Å². The number of carboxylic acid groups (broad SMARTS) is 1. The maximum atomic E-state index is 12.4. The number of aromatic carboxylic acids is 1. The molecule has 2 aromatic heterocycles. The third kappa shape index (κ3) is 3.22. The second-order valence-electron chi connectivity index (χ2n) is 3.65. The van der Waals surface area contributed by atoms with E-state index >= 15 is 0 Å². The molecule has 5 nitrogen and oxygen atoms in total. The number of rotatable bonds is 3. The predicted octanol–water partition coefficient (Wildman–Crippen LogP) is 2.99. The van der Waals surface area contributed by atoms with Gasteiger partial charge in [-0.3, -0.25) is 0 Å². The molecule has 0 saturated heterocycles. The van der Waals surface area contributed by atoms with E-state index in [-0.39, 0.29) is 17.3 Å². The summed E-state index contributed by atoms with van der Waals surface area (Å²) in [6.45, 7) is 0. The number of carbonyl (C=O) groups is 1. The van der Waals surface area contributed by atoms with Gasteiger partial charge in [-0.15, -0.1) is 0 Å². The summed E-state index contributed by atoms with van der Waals surface area (Å²) in [6.07, 6.45) is -3.54. The zero-order valence-electron chi connectivity index (χ0n) is 9.76. The highest BCUT2D eigenvalue weighted by Gasteiger charge is 2.32. The van der Waals surface area contributed by atoms with Crippen molar-refractivity contribution in [1.29, 1.82) is 0 Å². The lowest BCUT2D eigenvalue weighted by Gasteiger charge is -2.08. The van der Waals surface area contributed by atoms with Crippen LogP contribution in [0.15, 0.2) is 36.5 Å². The van der Waals surface area contributed by atoms with Gasteiger partial charge in [0.05, 0.1) is 5.56 Å². The topological polar surface area (TPSA) is 72.3 Å². The lowest BCUT2D eigenvalue weighted by atomic mass is 10.3. The number of carboxylic acids is 1. The number of hydrogen-bond donors (Lipinski definition) is 1. The average molecular weight is 284 g/mol. The summed E-state index contributed by atoms with van der Waals surface area (Å²) in [5.74, 6) is -1.50. The van der Waals surface area contributed by atoms with E-state index in [1.165, 1.54) is 18.2 Å². The number of nitrogens with zero attached hydrogens (tertiary/aromatic N) is 2. The Morgan fingerprint density at radius 3 is 2.45 bits per heavy atom. The molecule has 0 amide bonds. The Morgan fingerprint density at radius 1 is 1.15 bits per heavy atom. The molecule has 0 bridgehead atoms. The van der Waals surface area contributed by atoms with Crippen LogP contribution < -0.4 is 4.74 Å². The lowest BCUT2D eigenvalue weighted by molar-refractivity contribution is -0.141. The number of ether oxygens (including phenoxy) is 1. The minimum absolute atomic E-state index is 0.0539. The minimum atomic E-state index is -4.57. The van der Waals surface area contributed by atoms with E-state index in [2.05, 4.69) is 9.97 Å². The van der Waals surface area contributed by atoms with E-state index in [0.717, 1.165) is 18.3 Å². The van der Waals surface area contributed by atoms with Crippen LogP contribution in [-0.2, 0) is 6.18 Å². The quantitative estimate of drug-likeness (QED) is 0.938. The van der Waals surface area contributed by atoms with Crippen LogP contribution in [0.2, 0.25) is 0 Å². The van der Waals surface area contributed by atoms with Crippen molar-refractivity contribution in [2.45, 2.75) is 6.18 Å². The van der Waals surface area contributed by atoms with Crippen LogP contribution in [0.4, 0.5) is 13.2 Å². The standard InChI is InChI=1S/C12H7F3N2O3/c13-12(14,15)8-2-1-3-10(17-8)20-9-5-4-7(6-16-9)11(18)19/h1-6H,(H,18,19). The second kappa shape index (κ2) is 5.16. The van der Waals surface area contributed by atoms with E-state index in [0.29, 0.717) is 0 Å². The van der Waals surface area contributed by atoms with Gasteiger partial charge in [0.25, 0.3) is 0 Å². The molecule has 0 aliphatic rings. The summed E-state index contributed by atoms with van der Waals surface area (Å²) in [5.41, 5.74) is -1.15. The van der Waals surface area contributed by atoms with Crippen molar-refractivity contribution in [3.63, 3.8) is 0 Å². The average Bonchev–Trinajstić information content (AvgIpc) is 2.38. The van der Waals surface area contributed by atoms with Gasteiger partial charge in [0.1, 0.15) is 5.69 Å². The molecule has 0 aliphatic heterocycles. The van der Waals surface area contributed by atoms with Crippen molar-refractivity contribution >= 4 is 5.97 Å². The number of alkyl halides is 3. The van der Waals surface area contributed by atoms with Gasteiger partial charge in [0.2, 0.25) is 11.8 Å². The first-order valence-electron chi connectivity index (χ1n) is 5.28. The summed E-state index contributed by atoms with van der Waals surface area (Å²) >= 11 is 0. The zero-order valence-corrected chi connectivity index (χ0v) is 9.76.